The van der Waals surface area contributed by atoms with Crippen LogP contribution in [0.2, 0.25) is 0 Å². The van der Waals surface area contributed by atoms with Crippen LogP contribution in [0, 0.1) is 6.92 Å². The van der Waals surface area contributed by atoms with Crippen molar-refractivity contribution in [1.82, 2.24) is 20.2 Å². The van der Waals surface area contributed by atoms with Crippen LogP contribution in [0.3, 0.4) is 0 Å². The monoisotopic (exact) mass is 594 g/mol. The number of fused-ring (bicyclic) bond motifs is 9. The molecule has 0 unspecified atom stereocenters. The van der Waals surface area contributed by atoms with Gasteiger partial charge in [0, 0.05) is 38.9 Å². The summed E-state index contributed by atoms with van der Waals surface area (Å²) in [5.41, 5.74) is 12.9. The molecule has 7 aromatic rings. The molecule has 0 fully saturated rings. The van der Waals surface area contributed by atoms with Crippen molar-refractivity contribution in [2.45, 2.75) is 22.1 Å². The van der Waals surface area contributed by atoms with Gasteiger partial charge < -0.3 is 0 Å². The Morgan fingerprint density at radius 2 is 1.20 bits per heavy atom. The van der Waals surface area contributed by atoms with Crippen molar-refractivity contribution in [2.24, 2.45) is 0 Å². The van der Waals surface area contributed by atoms with E-state index in [2.05, 4.69) is 132 Å². The maximum absolute atomic E-state index is 5.15. The largest absolute Gasteiger partial charge is 0.264 e. The van der Waals surface area contributed by atoms with Gasteiger partial charge in [0.1, 0.15) is 11.4 Å². The lowest BCUT2D eigenvalue weighted by Crippen LogP contribution is -2.31. The zero-order valence-corrected chi connectivity index (χ0v) is 25.3. The van der Waals surface area contributed by atoms with E-state index in [1.165, 1.54) is 48.7 Å². The maximum atomic E-state index is 5.15. The van der Waals surface area contributed by atoms with Crippen molar-refractivity contribution < 1.29 is 0 Å². The highest BCUT2D eigenvalue weighted by Gasteiger charge is 2.50. The lowest BCUT2D eigenvalue weighted by atomic mass is 9.67. The molecule has 0 bridgehead atoms. The van der Waals surface area contributed by atoms with E-state index < -0.39 is 5.41 Å². The molecule has 0 saturated heterocycles. The molecule has 0 radical (unpaired) electrons. The Morgan fingerprint density at radius 1 is 0.533 bits per heavy atom. The van der Waals surface area contributed by atoms with Crippen LogP contribution in [0.5, 0.6) is 0 Å². The summed E-state index contributed by atoms with van der Waals surface area (Å²) in [7, 11) is 0. The summed E-state index contributed by atoms with van der Waals surface area (Å²) in [6.45, 7) is 2.09. The molecular weight excluding hydrogens is 569 g/mol. The minimum atomic E-state index is -0.409. The van der Waals surface area contributed by atoms with Gasteiger partial charge in [0.2, 0.25) is 0 Å². The van der Waals surface area contributed by atoms with E-state index in [1.54, 1.807) is 12.4 Å². The third-order valence-electron chi connectivity index (χ3n) is 9.05. The molecule has 45 heavy (non-hydrogen) atoms. The highest BCUT2D eigenvalue weighted by atomic mass is 32.2. The van der Waals surface area contributed by atoms with Crippen LogP contribution < -0.4 is 0 Å². The van der Waals surface area contributed by atoms with Gasteiger partial charge in [-0.15, -0.1) is 10.2 Å². The molecule has 3 heterocycles. The summed E-state index contributed by atoms with van der Waals surface area (Å²) < 4.78 is 0. The van der Waals surface area contributed by atoms with E-state index in [-0.39, 0.29) is 0 Å². The molecule has 0 N–H and O–H groups in total. The SMILES string of the molecule is Cc1ccc(-c2nnc(-c3cccnc3)nc2-c2ccc3c(c2)-c2ccccc2C32c3ccccc3Sc3ccccc32)cc1. The first-order valence-electron chi connectivity index (χ1n) is 15.1. The average molecular weight is 595 g/mol. The zero-order valence-electron chi connectivity index (χ0n) is 24.5. The van der Waals surface area contributed by atoms with Gasteiger partial charge in [-0.25, -0.2) is 4.98 Å². The Hall–Kier alpha value is -5.39. The van der Waals surface area contributed by atoms with Gasteiger partial charge in [0.25, 0.3) is 0 Å². The van der Waals surface area contributed by atoms with Gasteiger partial charge in [-0.2, -0.15) is 0 Å². The van der Waals surface area contributed by atoms with E-state index >= 15 is 0 Å². The second-order valence-corrected chi connectivity index (χ2v) is 12.7. The third-order valence-corrected chi connectivity index (χ3v) is 10.2. The van der Waals surface area contributed by atoms with Gasteiger partial charge in [-0.05, 0) is 70.6 Å². The fourth-order valence-electron chi connectivity index (χ4n) is 7.06. The molecule has 5 heteroatoms. The van der Waals surface area contributed by atoms with E-state index in [1.807, 2.05) is 23.9 Å². The summed E-state index contributed by atoms with van der Waals surface area (Å²) >= 11 is 1.86. The fraction of sp³-hybridized carbons (Fsp3) is 0.0500. The lowest BCUT2D eigenvalue weighted by Gasteiger charge is -2.39. The molecule has 5 aromatic carbocycles. The summed E-state index contributed by atoms with van der Waals surface area (Å²) in [4.78, 5) is 12.0. The predicted octanol–water partition coefficient (Wildman–Crippen LogP) is 9.40. The lowest BCUT2D eigenvalue weighted by molar-refractivity contribution is 0.722. The molecular formula is C40H26N4S. The first-order valence-corrected chi connectivity index (χ1v) is 15.9. The van der Waals surface area contributed by atoms with Crippen LogP contribution in [0.4, 0.5) is 0 Å². The summed E-state index contributed by atoms with van der Waals surface area (Å²) in [5.74, 6) is 0.554. The van der Waals surface area contributed by atoms with Gasteiger partial charge in [0.15, 0.2) is 5.82 Å². The van der Waals surface area contributed by atoms with E-state index in [0.29, 0.717) is 5.82 Å². The van der Waals surface area contributed by atoms with E-state index in [9.17, 15) is 0 Å². The Balaban J connectivity index is 1.32. The molecule has 2 aliphatic rings. The minimum Gasteiger partial charge on any atom is -0.264 e. The fourth-order valence-corrected chi connectivity index (χ4v) is 8.25. The van der Waals surface area contributed by atoms with Gasteiger partial charge in [-0.1, -0.05) is 114 Å². The summed E-state index contributed by atoms with van der Waals surface area (Å²) in [5, 5.41) is 9.33. The van der Waals surface area contributed by atoms with Crippen molar-refractivity contribution in [2.75, 3.05) is 0 Å². The normalized spacial score (nSPS) is 13.5. The van der Waals surface area contributed by atoms with Crippen LogP contribution >= 0.6 is 11.8 Å². The third kappa shape index (κ3) is 3.87. The number of nitrogens with zero attached hydrogens (tertiary/aromatic N) is 4. The minimum absolute atomic E-state index is 0.409. The molecule has 0 amide bonds. The quantitative estimate of drug-likeness (QED) is 0.204. The van der Waals surface area contributed by atoms with Crippen molar-refractivity contribution >= 4 is 11.8 Å². The van der Waals surface area contributed by atoms with Crippen LogP contribution in [-0.4, -0.2) is 20.2 Å². The number of aryl methyl sites for hydroxylation is 1. The second kappa shape index (κ2) is 10.1. The summed E-state index contributed by atoms with van der Waals surface area (Å²) in [6, 6.07) is 45.8. The number of benzene rings is 5. The Labute approximate surface area is 265 Å². The smallest absolute Gasteiger partial charge is 0.183 e. The van der Waals surface area contributed by atoms with Crippen LogP contribution in [-0.2, 0) is 5.41 Å². The molecule has 0 saturated carbocycles. The van der Waals surface area contributed by atoms with E-state index in [4.69, 9.17) is 10.1 Å². The molecule has 2 aromatic heterocycles. The molecule has 1 aliphatic carbocycles. The Kier molecular flexibility index (Phi) is 5.83. The molecule has 0 atom stereocenters. The van der Waals surface area contributed by atoms with Gasteiger partial charge in [0.05, 0.1) is 5.41 Å². The summed E-state index contributed by atoms with van der Waals surface area (Å²) in [6.07, 6.45) is 3.54. The maximum Gasteiger partial charge on any atom is 0.183 e. The predicted molar refractivity (Wildman–Crippen MR) is 180 cm³/mol. The zero-order chi connectivity index (χ0) is 30.0. The topological polar surface area (TPSA) is 51.6 Å². The Bertz CT molecular complexity index is 2220. The van der Waals surface area contributed by atoms with Crippen molar-refractivity contribution in [3.63, 3.8) is 0 Å². The van der Waals surface area contributed by atoms with Crippen molar-refractivity contribution in [1.29, 1.82) is 0 Å². The van der Waals surface area contributed by atoms with Crippen molar-refractivity contribution in [3.8, 4) is 45.0 Å². The molecule has 4 nitrogen and oxygen atoms in total. The number of aromatic nitrogens is 4. The van der Waals surface area contributed by atoms with Crippen LogP contribution in [0.25, 0.3) is 45.0 Å². The highest BCUT2D eigenvalue weighted by molar-refractivity contribution is 7.99. The van der Waals surface area contributed by atoms with E-state index in [0.717, 1.165) is 28.1 Å². The molecule has 1 aliphatic heterocycles. The first-order chi connectivity index (χ1) is 22.2. The molecule has 9 rings (SSSR count). The Morgan fingerprint density at radius 3 is 1.93 bits per heavy atom. The number of hydrogen-bond donors (Lipinski definition) is 0. The van der Waals surface area contributed by atoms with Crippen molar-refractivity contribution in [3.05, 3.63) is 168 Å². The van der Waals surface area contributed by atoms with Crippen LogP contribution in [0.1, 0.15) is 27.8 Å². The number of hydrogen-bond acceptors (Lipinski definition) is 5. The molecule has 1 spiro atoms. The first kappa shape index (κ1) is 26.1. The standard InChI is InChI=1S/C40H26N4S/c1-25-16-18-26(19-17-25)38-37(42-39(44-43-38)28-9-8-22-41-24-28)27-20-21-32-30(23-27)29-10-2-3-11-31(29)40(32)33-12-4-6-14-35(33)45-36-15-7-5-13-34(36)40/h2-24H,1H3. The number of rotatable bonds is 3. The average Bonchev–Trinajstić information content (AvgIpc) is 3.39. The highest BCUT2D eigenvalue weighted by Crippen LogP contribution is 2.62. The molecule has 212 valence electrons. The van der Waals surface area contributed by atoms with Gasteiger partial charge in [-0.3, -0.25) is 4.98 Å². The van der Waals surface area contributed by atoms with Gasteiger partial charge >= 0.3 is 0 Å². The van der Waals surface area contributed by atoms with Crippen LogP contribution in [0.15, 0.2) is 150 Å². The second-order valence-electron chi connectivity index (χ2n) is 11.6. The number of pyridine rings is 1.